The van der Waals surface area contributed by atoms with Gasteiger partial charge in [0.05, 0.1) is 34.8 Å². The second-order valence-corrected chi connectivity index (χ2v) is 13.8. The predicted octanol–water partition coefficient (Wildman–Crippen LogP) is 5.94. The molecule has 2 N–H and O–H groups in total. The summed E-state index contributed by atoms with van der Waals surface area (Å²) < 4.78 is 31.9. The monoisotopic (exact) mass is 570 g/mol. The molecule has 176 valence electrons. The van der Waals surface area contributed by atoms with E-state index in [2.05, 4.69) is 49.9 Å². The van der Waals surface area contributed by atoms with Gasteiger partial charge in [-0.25, -0.2) is 13.4 Å². The zero-order valence-electron chi connectivity index (χ0n) is 18.8. The van der Waals surface area contributed by atoms with Crippen molar-refractivity contribution in [1.29, 1.82) is 0 Å². The number of halogens is 2. The van der Waals surface area contributed by atoms with E-state index in [-0.39, 0.29) is 29.6 Å². The minimum Gasteiger partial charge on any atom is -0.495 e. The minimum atomic E-state index is -3.55. The van der Waals surface area contributed by atoms with Gasteiger partial charge in [0.2, 0.25) is 5.95 Å². The number of hydrogen-bond donors (Lipinski definition) is 2. The van der Waals surface area contributed by atoms with Crippen molar-refractivity contribution in [2.24, 2.45) is 0 Å². The average molecular weight is 572 g/mol. The van der Waals surface area contributed by atoms with E-state index >= 15 is 0 Å². The van der Waals surface area contributed by atoms with Gasteiger partial charge in [0.15, 0.2) is 15.7 Å². The molecule has 1 aromatic heterocycles. The maximum atomic E-state index is 12.9. The van der Waals surface area contributed by atoms with E-state index in [0.29, 0.717) is 21.6 Å². The summed E-state index contributed by atoms with van der Waals surface area (Å²) in [6, 6.07) is 10.9. The average Bonchev–Trinajstić information content (AvgIpc) is 2.77. The lowest BCUT2D eigenvalue weighted by Crippen LogP contribution is -2.16. The first-order valence-electron chi connectivity index (χ1n) is 9.98. The Hall–Kier alpha value is -1.93. The molecule has 0 radical (unpaired) electrons. The smallest absolute Gasteiger partial charge is 0.229 e. The summed E-state index contributed by atoms with van der Waals surface area (Å²) >= 11 is 9.68. The van der Waals surface area contributed by atoms with Crippen LogP contribution in [0.25, 0.3) is 0 Å². The topological polar surface area (TPSA) is 93.2 Å². The van der Waals surface area contributed by atoms with Crippen molar-refractivity contribution in [1.82, 2.24) is 9.97 Å². The van der Waals surface area contributed by atoms with Crippen LogP contribution in [0.15, 0.2) is 52.0 Å². The molecule has 0 aliphatic rings. The lowest BCUT2D eigenvalue weighted by molar-refractivity contribution is 0.417. The van der Waals surface area contributed by atoms with Crippen LogP contribution in [0.3, 0.4) is 0 Å². The molecule has 0 saturated carbocycles. The molecule has 2 aromatic carbocycles. The van der Waals surface area contributed by atoms with E-state index in [1.54, 1.807) is 39.2 Å². The van der Waals surface area contributed by atoms with Gasteiger partial charge in [0, 0.05) is 4.47 Å². The van der Waals surface area contributed by atoms with Gasteiger partial charge in [-0.15, -0.1) is 0 Å². The van der Waals surface area contributed by atoms with Gasteiger partial charge >= 0.3 is 0 Å². The van der Waals surface area contributed by atoms with Crippen LogP contribution in [0.4, 0.5) is 23.1 Å². The van der Waals surface area contributed by atoms with Crippen LogP contribution < -0.4 is 20.7 Å². The lowest BCUT2D eigenvalue weighted by Gasteiger charge is -2.16. The van der Waals surface area contributed by atoms with E-state index in [1.807, 2.05) is 18.2 Å². The Kier molecular flexibility index (Phi) is 8.22. The number of hydrogen-bond acceptors (Lipinski definition) is 7. The standard InChI is InChI=1S/C22H25BrClN4O3PS/c1-13(2)33(29,30)20-10-14(23)6-8-18(20)26-21-16(24)12-25-22(28-21)27-17-9-7-15(32(4)5)11-19(17)31-3/h6-13H,1-5H3,(H2,25,26,27,28). The molecule has 0 saturated heterocycles. The Morgan fingerprint density at radius 1 is 1.09 bits per heavy atom. The van der Waals surface area contributed by atoms with E-state index in [9.17, 15) is 8.42 Å². The van der Waals surface area contributed by atoms with E-state index in [1.165, 1.54) is 11.5 Å². The molecule has 0 aliphatic carbocycles. The molecule has 0 aliphatic heterocycles. The maximum Gasteiger partial charge on any atom is 0.229 e. The van der Waals surface area contributed by atoms with Crippen LogP contribution in [-0.4, -0.2) is 44.1 Å². The van der Waals surface area contributed by atoms with Gasteiger partial charge in [0.1, 0.15) is 10.8 Å². The Morgan fingerprint density at radius 2 is 1.79 bits per heavy atom. The molecule has 3 rings (SSSR count). The van der Waals surface area contributed by atoms with Crippen molar-refractivity contribution >= 4 is 73.7 Å². The molecular formula is C22H25BrClN4O3PS. The number of rotatable bonds is 8. The zero-order chi connectivity index (χ0) is 24.3. The highest BCUT2D eigenvalue weighted by Gasteiger charge is 2.24. The molecule has 0 amide bonds. The summed E-state index contributed by atoms with van der Waals surface area (Å²) in [4.78, 5) is 8.87. The van der Waals surface area contributed by atoms with Crippen LogP contribution in [-0.2, 0) is 9.84 Å². The summed E-state index contributed by atoms with van der Waals surface area (Å²) in [6.45, 7) is 7.62. The Labute approximate surface area is 209 Å². The molecule has 33 heavy (non-hydrogen) atoms. The van der Waals surface area contributed by atoms with Crippen LogP contribution in [0.2, 0.25) is 5.02 Å². The third kappa shape index (κ3) is 5.96. The van der Waals surface area contributed by atoms with Gasteiger partial charge in [-0.1, -0.05) is 41.5 Å². The Balaban J connectivity index is 1.96. The fraction of sp³-hybridized carbons (Fsp3) is 0.273. The van der Waals surface area contributed by atoms with Crippen LogP contribution in [0, 0.1) is 0 Å². The minimum absolute atomic E-state index is 0.156. The second-order valence-electron chi connectivity index (χ2n) is 7.65. The molecule has 7 nitrogen and oxygen atoms in total. The first kappa shape index (κ1) is 25.7. The van der Waals surface area contributed by atoms with Gasteiger partial charge < -0.3 is 15.4 Å². The summed E-state index contributed by atoms with van der Waals surface area (Å²) in [5.41, 5.74) is 1.08. The number of methoxy groups -OCH3 is 1. The van der Waals surface area contributed by atoms with Crippen LogP contribution >= 0.6 is 35.5 Å². The molecule has 1 heterocycles. The highest BCUT2D eigenvalue weighted by molar-refractivity contribution is 9.10. The van der Waals surface area contributed by atoms with Gasteiger partial charge in [-0.2, -0.15) is 4.98 Å². The molecule has 0 fully saturated rings. The first-order chi connectivity index (χ1) is 15.5. The molecule has 0 atom stereocenters. The van der Waals surface area contributed by atoms with Crippen molar-refractivity contribution < 1.29 is 13.2 Å². The van der Waals surface area contributed by atoms with Crippen molar-refractivity contribution in [2.45, 2.75) is 24.0 Å². The number of aromatic nitrogens is 2. The Morgan fingerprint density at radius 3 is 2.42 bits per heavy atom. The number of benzene rings is 2. The molecule has 0 spiro atoms. The van der Waals surface area contributed by atoms with Gasteiger partial charge in [-0.05, 0) is 62.8 Å². The number of nitrogens with one attached hydrogen (secondary N) is 2. The van der Waals surface area contributed by atoms with Crippen molar-refractivity contribution in [3.8, 4) is 5.75 Å². The highest BCUT2D eigenvalue weighted by Crippen LogP contribution is 2.34. The largest absolute Gasteiger partial charge is 0.495 e. The number of nitrogens with zero attached hydrogens (tertiary/aromatic N) is 2. The number of sulfone groups is 1. The molecule has 3 aromatic rings. The fourth-order valence-electron chi connectivity index (χ4n) is 2.91. The predicted molar refractivity (Wildman–Crippen MR) is 141 cm³/mol. The second kappa shape index (κ2) is 10.6. The molecule has 11 heteroatoms. The van der Waals surface area contributed by atoms with E-state index in [4.69, 9.17) is 16.3 Å². The normalized spacial score (nSPS) is 11.7. The van der Waals surface area contributed by atoms with Gasteiger partial charge in [0.25, 0.3) is 0 Å². The third-order valence-corrected chi connectivity index (χ3v) is 9.09. The summed E-state index contributed by atoms with van der Waals surface area (Å²) in [6.07, 6.45) is 1.45. The molecule has 0 bridgehead atoms. The van der Waals surface area contributed by atoms with Crippen LogP contribution in [0.1, 0.15) is 13.8 Å². The summed E-state index contributed by atoms with van der Waals surface area (Å²) in [5.74, 6) is 1.24. The number of ether oxygens (including phenoxy) is 1. The van der Waals surface area contributed by atoms with E-state index in [0.717, 1.165) is 0 Å². The SMILES string of the molecule is COc1cc(P(C)C)ccc1Nc1ncc(Cl)c(Nc2ccc(Br)cc2S(=O)(=O)C(C)C)n1. The Bertz CT molecular complexity index is 1270. The molecule has 0 unspecified atom stereocenters. The third-order valence-electron chi connectivity index (χ3n) is 4.82. The van der Waals surface area contributed by atoms with Gasteiger partial charge in [-0.3, -0.25) is 0 Å². The van der Waals surface area contributed by atoms with Crippen molar-refractivity contribution in [2.75, 3.05) is 31.1 Å². The summed E-state index contributed by atoms with van der Waals surface area (Å²) in [7, 11) is -2.21. The fourth-order valence-corrected chi connectivity index (χ4v) is 5.54. The molecular weight excluding hydrogens is 547 g/mol. The highest BCUT2D eigenvalue weighted by atomic mass is 79.9. The van der Waals surface area contributed by atoms with Crippen molar-refractivity contribution in [3.05, 3.63) is 52.1 Å². The zero-order valence-corrected chi connectivity index (χ0v) is 22.9. The number of anilines is 4. The van der Waals surface area contributed by atoms with E-state index < -0.39 is 15.1 Å². The van der Waals surface area contributed by atoms with Crippen LogP contribution in [0.5, 0.6) is 5.75 Å². The summed E-state index contributed by atoms with van der Waals surface area (Å²) in [5, 5.41) is 7.08. The first-order valence-corrected chi connectivity index (χ1v) is 14.9. The van der Waals surface area contributed by atoms with Crippen molar-refractivity contribution in [3.63, 3.8) is 0 Å². The lowest BCUT2D eigenvalue weighted by atomic mass is 10.3. The quantitative estimate of drug-likeness (QED) is 0.323. The maximum absolute atomic E-state index is 12.9.